The average molecular weight is 340 g/mol. The van der Waals surface area contributed by atoms with Crippen LogP contribution in [0, 0.1) is 0 Å². The summed E-state index contributed by atoms with van der Waals surface area (Å²) in [7, 11) is 0. The zero-order valence-electron chi connectivity index (χ0n) is 14.4. The van der Waals surface area contributed by atoms with E-state index in [0.717, 1.165) is 36.9 Å². The third-order valence-corrected chi connectivity index (χ3v) is 3.97. The van der Waals surface area contributed by atoms with Crippen molar-refractivity contribution in [3.63, 3.8) is 0 Å². The maximum absolute atomic E-state index is 11.1. The molecule has 0 saturated heterocycles. The molecule has 0 aliphatic heterocycles. The molecular weight excluding hydrogens is 316 g/mol. The summed E-state index contributed by atoms with van der Waals surface area (Å²) >= 11 is 0. The molecule has 2 amide bonds. The van der Waals surface area contributed by atoms with Crippen LogP contribution in [0.3, 0.4) is 0 Å². The van der Waals surface area contributed by atoms with Gasteiger partial charge in [0.05, 0.1) is 6.42 Å². The Morgan fingerprint density at radius 3 is 1.80 bits per heavy atom. The van der Waals surface area contributed by atoms with Crippen LogP contribution in [0.15, 0.2) is 48.5 Å². The van der Waals surface area contributed by atoms with Crippen LogP contribution in [-0.2, 0) is 28.9 Å². The minimum Gasteiger partial charge on any atom is -0.326 e. The Bertz CT molecular complexity index is 694. The Balaban J connectivity index is 1.72. The van der Waals surface area contributed by atoms with Crippen LogP contribution in [0.4, 0.5) is 5.69 Å². The molecule has 0 unspecified atom stereocenters. The van der Waals surface area contributed by atoms with E-state index in [2.05, 4.69) is 5.32 Å². The number of hydrogen-bond donors (Lipinski definition) is 3. The summed E-state index contributed by atoms with van der Waals surface area (Å²) in [6.45, 7) is 1.50. The number of hydrogen-bond acceptors (Lipinski definition) is 3. The van der Waals surface area contributed by atoms with Crippen molar-refractivity contribution in [2.45, 2.75) is 39.0 Å². The van der Waals surface area contributed by atoms with Gasteiger partial charge >= 0.3 is 0 Å². The standard InChI is InChI=1S/C20H24N2O3/c1-15(23)21-19-12-10-17(11-13-19)5-3-2-4-16-6-8-18(9-7-16)14-20(24)22-25/h6-13,25H,2-5,14H2,1H3,(H,21,23)(H,22,24). The Kier molecular flexibility index (Phi) is 7.16. The second-order valence-corrected chi connectivity index (χ2v) is 6.11. The van der Waals surface area contributed by atoms with Gasteiger partial charge in [0.25, 0.3) is 0 Å². The van der Waals surface area contributed by atoms with Crippen molar-refractivity contribution in [3.8, 4) is 0 Å². The van der Waals surface area contributed by atoms with E-state index in [1.807, 2.05) is 48.5 Å². The van der Waals surface area contributed by atoms with Gasteiger partial charge in [-0.15, -0.1) is 0 Å². The minimum atomic E-state index is -0.405. The third kappa shape index (κ3) is 6.77. The first-order valence-corrected chi connectivity index (χ1v) is 8.44. The monoisotopic (exact) mass is 340 g/mol. The van der Waals surface area contributed by atoms with E-state index in [9.17, 15) is 9.59 Å². The number of aryl methyl sites for hydroxylation is 2. The predicted octanol–water partition coefficient (Wildman–Crippen LogP) is 3.26. The molecule has 0 aliphatic carbocycles. The normalized spacial score (nSPS) is 10.3. The lowest BCUT2D eigenvalue weighted by Gasteiger charge is -2.06. The molecule has 2 aromatic carbocycles. The van der Waals surface area contributed by atoms with Gasteiger partial charge < -0.3 is 5.32 Å². The van der Waals surface area contributed by atoms with Crippen molar-refractivity contribution in [2.75, 3.05) is 5.32 Å². The molecule has 2 aromatic rings. The molecule has 0 bridgehead atoms. The number of benzene rings is 2. The van der Waals surface area contributed by atoms with E-state index in [-0.39, 0.29) is 12.3 Å². The molecule has 0 aliphatic rings. The van der Waals surface area contributed by atoms with Crippen LogP contribution in [0.2, 0.25) is 0 Å². The highest BCUT2D eigenvalue weighted by atomic mass is 16.5. The van der Waals surface area contributed by atoms with Gasteiger partial charge in [0.2, 0.25) is 11.8 Å². The van der Waals surface area contributed by atoms with Crippen LogP contribution in [-0.4, -0.2) is 17.0 Å². The van der Waals surface area contributed by atoms with Crippen LogP contribution in [0.25, 0.3) is 0 Å². The van der Waals surface area contributed by atoms with E-state index in [1.165, 1.54) is 18.1 Å². The number of anilines is 1. The SMILES string of the molecule is CC(=O)Nc1ccc(CCCCc2ccc(CC(=O)NO)cc2)cc1. The fourth-order valence-electron chi connectivity index (χ4n) is 2.66. The lowest BCUT2D eigenvalue weighted by Crippen LogP contribution is -2.20. The third-order valence-electron chi connectivity index (χ3n) is 3.97. The first-order valence-electron chi connectivity index (χ1n) is 8.44. The quantitative estimate of drug-likeness (QED) is 0.392. The molecule has 0 saturated carbocycles. The van der Waals surface area contributed by atoms with E-state index in [4.69, 9.17) is 5.21 Å². The highest BCUT2D eigenvalue weighted by Gasteiger charge is 2.02. The van der Waals surface area contributed by atoms with E-state index in [0.29, 0.717) is 0 Å². The van der Waals surface area contributed by atoms with E-state index < -0.39 is 5.91 Å². The van der Waals surface area contributed by atoms with Gasteiger partial charge in [0.1, 0.15) is 0 Å². The molecule has 5 heteroatoms. The fourth-order valence-corrected chi connectivity index (χ4v) is 2.66. The van der Waals surface area contributed by atoms with Crippen LogP contribution in [0.1, 0.15) is 36.5 Å². The van der Waals surface area contributed by atoms with Crippen molar-refractivity contribution in [1.82, 2.24) is 5.48 Å². The Labute approximate surface area is 148 Å². The van der Waals surface area contributed by atoms with Gasteiger partial charge in [-0.3, -0.25) is 14.8 Å². The van der Waals surface area contributed by atoms with E-state index >= 15 is 0 Å². The van der Waals surface area contributed by atoms with Gasteiger partial charge in [-0.2, -0.15) is 0 Å². The Hall–Kier alpha value is -2.66. The second-order valence-electron chi connectivity index (χ2n) is 6.11. The number of rotatable bonds is 8. The molecule has 0 fully saturated rings. The van der Waals surface area contributed by atoms with Crippen LogP contribution in [0.5, 0.6) is 0 Å². The van der Waals surface area contributed by atoms with Gasteiger partial charge in [-0.25, -0.2) is 5.48 Å². The number of amides is 2. The molecule has 132 valence electrons. The van der Waals surface area contributed by atoms with Crippen molar-refractivity contribution in [2.24, 2.45) is 0 Å². The number of unbranched alkanes of at least 4 members (excludes halogenated alkanes) is 1. The molecule has 5 nitrogen and oxygen atoms in total. The van der Waals surface area contributed by atoms with Crippen LogP contribution < -0.4 is 10.8 Å². The number of nitrogens with one attached hydrogen (secondary N) is 2. The van der Waals surface area contributed by atoms with Gasteiger partial charge in [-0.05, 0) is 54.5 Å². The van der Waals surface area contributed by atoms with Crippen molar-refractivity contribution < 1.29 is 14.8 Å². The first kappa shape index (κ1) is 18.7. The molecule has 0 spiro atoms. The molecule has 2 rings (SSSR count). The summed E-state index contributed by atoms with van der Waals surface area (Å²) in [6, 6.07) is 15.9. The predicted molar refractivity (Wildman–Crippen MR) is 97.5 cm³/mol. The first-order chi connectivity index (χ1) is 12.1. The second kappa shape index (κ2) is 9.59. The lowest BCUT2D eigenvalue weighted by molar-refractivity contribution is -0.128. The largest absolute Gasteiger partial charge is 0.326 e. The Morgan fingerprint density at radius 1 is 0.840 bits per heavy atom. The molecule has 0 atom stereocenters. The summed E-state index contributed by atoms with van der Waals surface area (Å²) in [4.78, 5) is 22.1. The topological polar surface area (TPSA) is 78.4 Å². The van der Waals surface area contributed by atoms with Crippen LogP contribution >= 0.6 is 0 Å². The van der Waals surface area contributed by atoms with Gasteiger partial charge in [0.15, 0.2) is 0 Å². The smallest absolute Gasteiger partial charge is 0.247 e. The average Bonchev–Trinajstić information content (AvgIpc) is 2.61. The number of carbonyl (C=O) groups is 2. The highest BCUT2D eigenvalue weighted by molar-refractivity contribution is 5.88. The number of carbonyl (C=O) groups excluding carboxylic acids is 2. The maximum atomic E-state index is 11.1. The van der Waals surface area contributed by atoms with Crippen molar-refractivity contribution >= 4 is 17.5 Å². The Morgan fingerprint density at radius 2 is 1.32 bits per heavy atom. The summed E-state index contributed by atoms with van der Waals surface area (Å²) in [5, 5.41) is 11.3. The van der Waals surface area contributed by atoms with E-state index in [1.54, 1.807) is 5.48 Å². The molecule has 0 radical (unpaired) electrons. The zero-order chi connectivity index (χ0) is 18.1. The van der Waals surface area contributed by atoms with Crippen molar-refractivity contribution in [1.29, 1.82) is 0 Å². The molecule has 25 heavy (non-hydrogen) atoms. The van der Waals surface area contributed by atoms with Crippen molar-refractivity contribution in [3.05, 3.63) is 65.2 Å². The fraction of sp³-hybridized carbons (Fsp3) is 0.300. The lowest BCUT2D eigenvalue weighted by atomic mass is 10.0. The van der Waals surface area contributed by atoms with Gasteiger partial charge in [-0.1, -0.05) is 36.4 Å². The molecular formula is C20H24N2O3. The summed E-state index contributed by atoms with van der Waals surface area (Å²) < 4.78 is 0. The minimum absolute atomic E-state index is 0.0595. The zero-order valence-corrected chi connectivity index (χ0v) is 14.4. The molecule has 0 aromatic heterocycles. The van der Waals surface area contributed by atoms with Gasteiger partial charge in [0, 0.05) is 12.6 Å². The molecule has 0 heterocycles. The summed E-state index contributed by atoms with van der Waals surface area (Å²) in [6.07, 6.45) is 4.37. The summed E-state index contributed by atoms with van der Waals surface area (Å²) in [5.74, 6) is -0.465. The summed E-state index contributed by atoms with van der Waals surface area (Å²) in [5.41, 5.74) is 5.86. The maximum Gasteiger partial charge on any atom is 0.247 e. The molecule has 3 N–H and O–H groups in total. The number of hydroxylamine groups is 1. The highest BCUT2D eigenvalue weighted by Crippen LogP contribution is 2.14.